The Morgan fingerprint density at radius 2 is 2.24 bits per heavy atom. The van der Waals surface area contributed by atoms with Crippen molar-refractivity contribution in [1.82, 2.24) is 14.8 Å². The molecule has 1 atom stereocenters. The van der Waals surface area contributed by atoms with Crippen LogP contribution in [-0.4, -0.2) is 27.0 Å². The molecule has 0 aromatic carbocycles. The molecule has 1 saturated heterocycles. The summed E-state index contributed by atoms with van der Waals surface area (Å²) in [6.45, 7) is 9.36. The van der Waals surface area contributed by atoms with Crippen LogP contribution in [0, 0.1) is 4.77 Å². The van der Waals surface area contributed by atoms with E-state index in [0.717, 1.165) is 30.0 Å². The van der Waals surface area contributed by atoms with Crippen molar-refractivity contribution in [3.63, 3.8) is 0 Å². The fraction of sp³-hybridized carbons (Fsp3) is 0.833. The lowest BCUT2D eigenvalue weighted by molar-refractivity contribution is -0.0697. The molecule has 4 nitrogen and oxygen atoms in total. The molecule has 17 heavy (non-hydrogen) atoms. The van der Waals surface area contributed by atoms with Crippen LogP contribution in [0.5, 0.6) is 0 Å². The molecule has 0 saturated carbocycles. The molecule has 0 amide bonds. The van der Waals surface area contributed by atoms with Crippen LogP contribution in [-0.2, 0) is 4.74 Å². The van der Waals surface area contributed by atoms with Gasteiger partial charge in [0.1, 0.15) is 5.82 Å². The van der Waals surface area contributed by atoms with Crippen molar-refractivity contribution in [2.24, 2.45) is 0 Å². The van der Waals surface area contributed by atoms with Gasteiger partial charge in [0.25, 0.3) is 0 Å². The first-order valence-electron chi connectivity index (χ1n) is 6.21. The van der Waals surface area contributed by atoms with Gasteiger partial charge in [0.2, 0.25) is 0 Å². The van der Waals surface area contributed by atoms with Crippen LogP contribution in [0.15, 0.2) is 0 Å². The standard InChI is InChI=1S/C12H21N3OS/c1-8(2)10-13-14-11(17)15(10)9-5-6-16-12(3,4)7-9/h8-9H,5-7H2,1-4H3,(H,14,17). The van der Waals surface area contributed by atoms with E-state index in [0.29, 0.717) is 12.0 Å². The van der Waals surface area contributed by atoms with Crippen molar-refractivity contribution in [3.05, 3.63) is 10.6 Å². The summed E-state index contributed by atoms with van der Waals surface area (Å²) in [6, 6.07) is 0.405. The van der Waals surface area contributed by atoms with Crippen molar-refractivity contribution in [2.45, 2.75) is 58.1 Å². The van der Waals surface area contributed by atoms with Crippen molar-refractivity contribution >= 4 is 12.2 Å². The van der Waals surface area contributed by atoms with E-state index in [1.807, 2.05) is 0 Å². The molecule has 2 heterocycles. The number of aromatic nitrogens is 3. The second-order valence-electron chi connectivity index (χ2n) is 5.67. The van der Waals surface area contributed by atoms with Gasteiger partial charge in [-0.15, -0.1) is 0 Å². The predicted octanol–water partition coefficient (Wildman–Crippen LogP) is 3.19. The Hall–Kier alpha value is -0.680. The van der Waals surface area contributed by atoms with Crippen LogP contribution in [0.1, 0.15) is 58.3 Å². The lowest BCUT2D eigenvalue weighted by Crippen LogP contribution is -2.35. The normalized spacial score (nSPS) is 24.2. The van der Waals surface area contributed by atoms with E-state index in [9.17, 15) is 0 Å². The molecule has 0 spiro atoms. The maximum atomic E-state index is 5.76. The molecular weight excluding hydrogens is 234 g/mol. The number of nitrogens with zero attached hydrogens (tertiary/aromatic N) is 2. The molecule has 0 radical (unpaired) electrons. The summed E-state index contributed by atoms with van der Waals surface area (Å²) >= 11 is 5.35. The van der Waals surface area contributed by atoms with Gasteiger partial charge >= 0.3 is 0 Å². The minimum absolute atomic E-state index is 0.0663. The SMILES string of the molecule is CC(C)c1n[nH]c(=S)n1C1CCOC(C)(C)C1. The van der Waals surface area contributed by atoms with E-state index >= 15 is 0 Å². The van der Waals surface area contributed by atoms with Gasteiger partial charge in [-0.3, -0.25) is 5.10 Å². The molecule has 5 heteroatoms. The van der Waals surface area contributed by atoms with Crippen LogP contribution in [0.25, 0.3) is 0 Å². The summed E-state index contributed by atoms with van der Waals surface area (Å²) in [7, 11) is 0. The molecular formula is C12H21N3OS. The van der Waals surface area contributed by atoms with Gasteiger partial charge in [-0.05, 0) is 38.9 Å². The minimum atomic E-state index is -0.0663. The summed E-state index contributed by atoms with van der Waals surface area (Å²) in [4.78, 5) is 0. The van der Waals surface area contributed by atoms with Crippen LogP contribution < -0.4 is 0 Å². The number of hydrogen-bond acceptors (Lipinski definition) is 3. The number of rotatable bonds is 2. The van der Waals surface area contributed by atoms with E-state index in [4.69, 9.17) is 17.0 Å². The Morgan fingerprint density at radius 3 is 2.82 bits per heavy atom. The molecule has 0 aliphatic carbocycles. The van der Waals surface area contributed by atoms with E-state index in [2.05, 4.69) is 42.5 Å². The van der Waals surface area contributed by atoms with E-state index in [-0.39, 0.29) is 5.60 Å². The molecule has 1 aliphatic rings. The second kappa shape index (κ2) is 4.53. The lowest BCUT2D eigenvalue weighted by Gasteiger charge is -2.36. The average molecular weight is 255 g/mol. The Morgan fingerprint density at radius 1 is 1.53 bits per heavy atom. The van der Waals surface area contributed by atoms with Gasteiger partial charge in [-0.1, -0.05) is 13.8 Å². The summed E-state index contributed by atoms with van der Waals surface area (Å²) < 4.78 is 8.67. The van der Waals surface area contributed by atoms with Crippen molar-refractivity contribution in [2.75, 3.05) is 6.61 Å². The van der Waals surface area contributed by atoms with Gasteiger partial charge in [-0.25, -0.2) is 0 Å². The maximum absolute atomic E-state index is 5.76. The molecule has 1 fully saturated rings. The van der Waals surface area contributed by atoms with Gasteiger partial charge in [0.05, 0.1) is 5.60 Å². The third-order valence-corrected chi connectivity index (χ3v) is 3.57. The number of hydrogen-bond donors (Lipinski definition) is 1. The second-order valence-corrected chi connectivity index (χ2v) is 6.05. The topological polar surface area (TPSA) is 42.8 Å². The fourth-order valence-corrected chi connectivity index (χ4v) is 2.79. The number of aromatic amines is 1. The minimum Gasteiger partial charge on any atom is -0.375 e. The third kappa shape index (κ3) is 2.60. The summed E-state index contributed by atoms with van der Waals surface area (Å²) in [5.74, 6) is 1.44. The molecule has 0 bridgehead atoms. The van der Waals surface area contributed by atoms with E-state index in [1.165, 1.54) is 0 Å². The number of nitrogens with one attached hydrogen (secondary N) is 1. The zero-order valence-corrected chi connectivity index (χ0v) is 11.8. The van der Waals surface area contributed by atoms with E-state index < -0.39 is 0 Å². The molecule has 1 N–H and O–H groups in total. The van der Waals surface area contributed by atoms with Crippen molar-refractivity contribution in [1.29, 1.82) is 0 Å². The smallest absolute Gasteiger partial charge is 0.195 e. The number of H-pyrrole nitrogens is 1. The maximum Gasteiger partial charge on any atom is 0.195 e. The van der Waals surface area contributed by atoms with Crippen LogP contribution >= 0.6 is 12.2 Å². The lowest BCUT2D eigenvalue weighted by atomic mass is 9.93. The predicted molar refractivity (Wildman–Crippen MR) is 69.8 cm³/mol. The van der Waals surface area contributed by atoms with E-state index in [1.54, 1.807) is 0 Å². The zero-order valence-electron chi connectivity index (χ0n) is 11.0. The first-order valence-corrected chi connectivity index (χ1v) is 6.62. The summed E-state index contributed by atoms with van der Waals surface area (Å²) in [5, 5.41) is 7.26. The Balaban J connectivity index is 2.33. The third-order valence-electron chi connectivity index (χ3n) is 3.28. The van der Waals surface area contributed by atoms with Crippen LogP contribution in [0.4, 0.5) is 0 Å². The quantitative estimate of drug-likeness (QED) is 0.825. The first kappa shape index (κ1) is 12.8. The molecule has 1 aliphatic heterocycles. The molecule has 1 aromatic rings. The van der Waals surface area contributed by atoms with Gasteiger partial charge < -0.3 is 9.30 Å². The highest BCUT2D eigenvalue weighted by Gasteiger charge is 2.31. The van der Waals surface area contributed by atoms with Crippen molar-refractivity contribution < 1.29 is 4.74 Å². The summed E-state index contributed by atoms with van der Waals surface area (Å²) in [6.07, 6.45) is 2.00. The fourth-order valence-electron chi connectivity index (χ4n) is 2.50. The average Bonchev–Trinajstić information content (AvgIpc) is 2.58. The Bertz CT molecular complexity index is 447. The molecule has 1 aromatic heterocycles. The van der Waals surface area contributed by atoms with Gasteiger partial charge in [0, 0.05) is 18.6 Å². The van der Waals surface area contributed by atoms with Gasteiger partial charge in [-0.2, -0.15) is 5.10 Å². The number of ether oxygens (including phenoxy) is 1. The first-order chi connectivity index (χ1) is 7.91. The van der Waals surface area contributed by atoms with Crippen molar-refractivity contribution in [3.8, 4) is 0 Å². The highest BCUT2D eigenvalue weighted by atomic mass is 32.1. The molecule has 2 rings (SSSR count). The largest absolute Gasteiger partial charge is 0.375 e. The highest BCUT2D eigenvalue weighted by molar-refractivity contribution is 7.71. The zero-order chi connectivity index (χ0) is 12.6. The van der Waals surface area contributed by atoms with Gasteiger partial charge in [0.15, 0.2) is 4.77 Å². The Kier molecular flexibility index (Phi) is 3.41. The van der Waals surface area contributed by atoms with Crippen LogP contribution in [0.3, 0.4) is 0 Å². The monoisotopic (exact) mass is 255 g/mol. The Labute approximate surface area is 107 Å². The molecule has 1 unspecified atom stereocenters. The highest BCUT2D eigenvalue weighted by Crippen LogP contribution is 2.33. The summed E-state index contributed by atoms with van der Waals surface area (Å²) in [5.41, 5.74) is -0.0663. The van der Waals surface area contributed by atoms with Crippen LogP contribution in [0.2, 0.25) is 0 Å². The molecule has 96 valence electrons.